The van der Waals surface area contributed by atoms with E-state index in [1.165, 1.54) is 11.1 Å². The van der Waals surface area contributed by atoms with Gasteiger partial charge in [0.1, 0.15) is 17.7 Å². The van der Waals surface area contributed by atoms with Crippen LogP contribution in [0.3, 0.4) is 0 Å². The highest BCUT2D eigenvalue weighted by Gasteiger charge is 2.24. The molecule has 0 N–H and O–H groups in total. The summed E-state index contributed by atoms with van der Waals surface area (Å²) in [6.45, 7) is 8.33. The number of hydrogen-bond acceptors (Lipinski definition) is 5. The van der Waals surface area contributed by atoms with Crippen LogP contribution in [0.4, 0.5) is 5.82 Å². The summed E-state index contributed by atoms with van der Waals surface area (Å²) in [6, 6.07) is 16.7. The van der Waals surface area contributed by atoms with Crippen molar-refractivity contribution >= 4 is 5.82 Å². The lowest BCUT2D eigenvalue weighted by atomic mass is 10.0. The summed E-state index contributed by atoms with van der Waals surface area (Å²) in [6.07, 6.45) is 0.780. The van der Waals surface area contributed by atoms with Crippen LogP contribution in [0.1, 0.15) is 40.1 Å². The molecular formula is C23H26N4O. The molecule has 1 aliphatic rings. The predicted molar refractivity (Wildman–Crippen MR) is 111 cm³/mol. The van der Waals surface area contributed by atoms with Crippen LogP contribution in [-0.4, -0.2) is 34.6 Å². The van der Waals surface area contributed by atoms with Crippen molar-refractivity contribution in [3.05, 3.63) is 82.6 Å². The third-order valence-electron chi connectivity index (χ3n) is 5.13. The van der Waals surface area contributed by atoms with E-state index in [0.29, 0.717) is 6.61 Å². The van der Waals surface area contributed by atoms with Crippen LogP contribution in [0.25, 0.3) is 0 Å². The fraction of sp³-hybridized carbons (Fsp3) is 0.348. The Balaban J connectivity index is 1.53. The molecule has 1 unspecified atom stereocenters. The summed E-state index contributed by atoms with van der Waals surface area (Å²) in [7, 11) is 0. The smallest absolute Gasteiger partial charge is 0.132 e. The Labute approximate surface area is 166 Å². The van der Waals surface area contributed by atoms with Crippen molar-refractivity contribution in [2.75, 3.05) is 24.6 Å². The zero-order chi connectivity index (χ0) is 19.5. The van der Waals surface area contributed by atoms with E-state index in [9.17, 15) is 0 Å². The van der Waals surface area contributed by atoms with E-state index in [2.05, 4.69) is 64.3 Å². The van der Waals surface area contributed by atoms with Crippen LogP contribution >= 0.6 is 0 Å². The number of morpholine rings is 1. The second-order valence-corrected chi connectivity index (χ2v) is 7.38. The van der Waals surface area contributed by atoms with E-state index in [1.807, 2.05) is 19.9 Å². The van der Waals surface area contributed by atoms with Crippen LogP contribution in [0, 0.1) is 20.8 Å². The molecule has 1 fully saturated rings. The Morgan fingerprint density at radius 3 is 2.68 bits per heavy atom. The van der Waals surface area contributed by atoms with Gasteiger partial charge in [0, 0.05) is 30.4 Å². The third-order valence-corrected chi connectivity index (χ3v) is 5.13. The average Bonchev–Trinajstić information content (AvgIpc) is 2.69. The number of pyridine rings is 1. The predicted octanol–water partition coefficient (Wildman–Crippen LogP) is 3.97. The van der Waals surface area contributed by atoms with Crippen molar-refractivity contribution in [1.29, 1.82) is 0 Å². The molecule has 4 rings (SSSR count). The summed E-state index contributed by atoms with van der Waals surface area (Å²) in [4.78, 5) is 16.2. The second-order valence-electron chi connectivity index (χ2n) is 7.38. The van der Waals surface area contributed by atoms with Gasteiger partial charge >= 0.3 is 0 Å². The molecule has 3 heterocycles. The van der Waals surface area contributed by atoms with Gasteiger partial charge < -0.3 is 9.64 Å². The average molecular weight is 374 g/mol. The number of hydrogen-bond donors (Lipinski definition) is 0. The topological polar surface area (TPSA) is 51.1 Å². The number of ether oxygens (including phenoxy) is 1. The number of anilines is 1. The highest BCUT2D eigenvalue weighted by Crippen LogP contribution is 2.25. The summed E-state index contributed by atoms with van der Waals surface area (Å²) in [5.41, 5.74) is 5.65. The molecule has 0 amide bonds. The number of aromatic nitrogens is 3. The lowest BCUT2D eigenvalue weighted by Crippen LogP contribution is -2.39. The van der Waals surface area contributed by atoms with Crippen molar-refractivity contribution in [3.8, 4) is 0 Å². The molecular weight excluding hydrogens is 348 g/mol. The number of rotatable bonds is 4. The molecule has 1 aromatic carbocycles. The molecule has 1 saturated heterocycles. The van der Waals surface area contributed by atoms with Crippen molar-refractivity contribution < 1.29 is 4.74 Å². The molecule has 3 aromatic rings. The highest BCUT2D eigenvalue weighted by molar-refractivity contribution is 5.41. The normalized spacial score (nSPS) is 17.0. The first-order valence-corrected chi connectivity index (χ1v) is 9.77. The molecule has 1 aliphatic heterocycles. The highest BCUT2D eigenvalue weighted by atomic mass is 16.5. The second kappa shape index (κ2) is 8.07. The van der Waals surface area contributed by atoms with Gasteiger partial charge in [0.2, 0.25) is 0 Å². The van der Waals surface area contributed by atoms with Gasteiger partial charge in [-0.3, -0.25) is 4.98 Å². The van der Waals surface area contributed by atoms with Gasteiger partial charge in [0.15, 0.2) is 0 Å². The third kappa shape index (κ3) is 4.20. The van der Waals surface area contributed by atoms with Gasteiger partial charge in [0.25, 0.3) is 0 Å². The maximum atomic E-state index is 6.06. The Morgan fingerprint density at radius 1 is 1.00 bits per heavy atom. The minimum Gasteiger partial charge on any atom is -0.368 e. The van der Waals surface area contributed by atoms with Crippen LogP contribution in [-0.2, 0) is 11.2 Å². The van der Waals surface area contributed by atoms with Crippen LogP contribution in [0.5, 0.6) is 0 Å². The zero-order valence-electron chi connectivity index (χ0n) is 16.7. The zero-order valence-corrected chi connectivity index (χ0v) is 16.7. The quantitative estimate of drug-likeness (QED) is 0.692. The molecule has 2 aromatic heterocycles. The molecule has 0 radical (unpaired) electrons. The lowest BCUT2D eigenvalue weighted by Gasteiger charge is -2.33. The van der Waals surface area contributed by atoms with Gasteiger partial charge in [-0.25, -0.2) is 9.97 Å². The number of aryl methyl sites for hydroxylation is 3. The first-order valence-electron chi connectivity index (χ1n) is 9.77. The minimum absolute atomic E-state index is 0.0545. The van der Waals surface area contributed by atoms with E-state index < -0.39 is 0 Å². The monoisotopic (exact) mass is 374 g/mol. The van der Waals surface area contributed by atoms with Crippen molar-refractivity contribution in [3.63, 3.8) is 0 Å². The Morgan fingerprint density at radius 2 is 1.86 bits per heavy atom. The van der Waals surface area contributed by atoms with Crippen LogP contribution < -0.4 is 4.90 Å². The van der Waals surface area contributed by atoms with Gasteiger partial charge in [0.05, 0.1) is 18.8 Å². The number of benzene rings is 1. The number of nitrogens with zero attached hydrogens (tertiary/aromatic N) is 4. The van der Waals surface area contributed by atoms with Crippen LogP contribution in [0.2, 0.25) is 0 Å². The molecule has 0 bridgehead atoms. The molecule has 5 nitrogen and oxygen atoms in total. The Kier molecular flexibility index (Phi) is 5.35. The van der Waals surface area contributed by atoms with Gasteiger partial charge in [-0.15, -0.1) is 0 Å². The van der Waals surface area contributed by atoms with Gasteiger partial charge in [-0.1, -0.05) is 30.3 Å². The molecule has 0 spiro atoms. The summed E-state index contributed by atoms with van der Waals surface area (Å²) in [5, 5.41) is 0. The largest absolute Gasteiger partial charge is 0.368 e. The van der Waals surface area contributed by atoms with E-state index in [-0.39, 0.29) is 6.10 Å². The molecule has 144 valence electrons. The van der Waals surface area contributed by atoms with Crippen molar-refractivity contribution in [2.45, 2.75) is 33.3 Å². The van der Waals surface area contributed by atoms with Gasteiger partial charge in [-0.05, 0) is 44.0 Å². The standard InChI is InChI=1S/C23H26N4O/c1-16-7-4-5-8-19(16)14-20-9-6-10-21(26-20)22-15-27(11-12-28-22)23-13-17(2)24-18(3)25-23/h4-10,13,22H,11-12,14-15H2,1-3H3. The Bertz CT molecular complexity index is 952. The summed E-state index contributed by atoms with van der Waals surface area (Å²) in [5.74, 6) is 1.77. The fourth-order valence-electron chi connectivity index (χ4n) is 3.68. The van der Waals surface area contributed by atoms with E-state index in [0.717, 1.165) is 48.2 Å². The fourth-order valence-corrected chi connectivity index (χ4v) is 3.68. The van der Waals surface area contributed by atoms with E-state index in [1.54, 1.807) is 0 Å². The SMILES string of the molecule is Cc1cc(N2CCOC(c3cccc(Cc4ccccc4C)n3)C2)nc(C)n1. The molecule has 28 heavy (non-hydrogen) atoms. The maximum Gasteiger partial charge on any atom is 0.132 e. The summed E-state index contributed by atoms with van der Waals surface area (Å²) >= 11 is 0. The van der Waals surface area contributed by atoms with Crippen molar-refractivity contribution in [1.82, 2.24) is 15.0 Å². The minimum atomic E-state index is -0.0545. The van der Waals surface area contributed by atoms with E-state index >= 15 is 0 Å². The first kappa shape index (κ1) is 18.6. The summed E-state index contributed by atoms with van der Waals surface area (Å²) < 4.78 is 6.06. The van der Waals surface area contributed by atoms with Crippen molar-refractivity contribution in [2.24, 2.45) is 0 Å². The Hall–Kier alpha value is -2.79. The molecule has 1 atom stereocenters. The van der Waals surface area contributed by atoms with Crippen LogP contribution in [0.15, 0.2) is 48.5 Å². The van der Waals surface area contributed by atoms with Gasteiger partial charge in [-0.2, -0.15) is 0 Å². The molecule has 0 saturated carbocycles. The van der Waals surface area contributed by atoms with E-state index in [4.69, 9.17) is 9.72 Å². The first-order chi connectivity index (χ1) is 13.6. The molecule has 5 heteroatoms. The molecule has 0 aliphatic carbocycles. The lowest BCUT2D eigenvalue weighted by molar-refractivity contribution is 0.0366. The maximum absolute atomic E-state index is 6.06.